The third-order valence-electron chi connectivity index (χ3n) is 8.98. The lowest BCUT2D eigenvalue weighted by Gasteiger charge is -2.28. The predicted octanol–water partition coefficient (Wildman–Crippen LogP) is 8.32. The van der Waals surface area contributed by atoms with E-state index in [0.29, 0.717) is 18.9 Å². The summed E-state index contributed by atoms with van der Waals surface area (Å²) in [6, 6.07) is 14.9. The molecule has 0 aliphatic carbocycles. The number of hydrogen-bond donors (Lipinski definition) is 1. The molecule has 0 bridgehead atoms. The molecule has 1 aliphatic rings. The van der Waals surface area contributed by atoms with Crippen molar-refractivity contribution in [1.29, 1.82) is 0 Å². The molecule has 0 spiro atoms. The van der Waals surface area contributed by atoms with E-state index in [4.69, 9.17) is 5.10 Å². The van der Waals surface area contributed by atoms with Crippen LogP contribution in [-0.4, -0.2) is 26.3 Å². The van der Waals surface area contributed by atoms with Crippen molar-refractivity contribution < 1.29 is 4.39 Å². The molecule has 6 rings (SSSR count). The number of benzene rings is 2. The molecule has 1 unspecified atom stereocenters. The van der Waals surface area contributed by atoms with Crippen molar-refractivity contribution in [2.45, 2.75) is 79.2 Å². The van der Waals surface area contributed by atoms with Gasteiger partial charge in [-0.2, -0.15) is 5.10 Å². The average molecular weight is 550 g/mol. The summed E-state index contributed by atoms with van der Waals surface area (Å²) < 4.78 is 17.7. The van der Waals surface area contributed by atoms with E-state index in [1.54, 1.807) is 6.07 Å². The van der Waals surface area contributed by atoms with Gasteiger partial charge in [-0.15, -0.1) is 0 Å². The van der Waals surface area contributed by atoms with Crippen molar-refractivity contribution in [3.8, 4) is 16.9 Å². The zero-order valence-electron chi connectivity index (χ0n) is 24.9. The molecule has 4 heterocycles. The van der Waals surface area contributed by atoms with Crippen LogP contribution in [0.1, 0.15) is 80.5 Å². The van der Waals surface area contributed by atoms with Crippen molar-refractivity contribution in [2.75, 3.05) is 11.4 Å². The number of pyridine rings is 1. The summed E-state index contributed by atoms with van der Waals surface area (Å²) >= 11 is 0. The molecule has 0 radical (unpaired) electrons. The highest BCUT2D eigenvalue weighted by Crippen LogP contribution is 2.40. The summed E-state index contributed by atoms with van der Waals surface area (Å²) in [6.45, 7) is 12.1. The minimum atomic E-state index is -0.245. The quantitative estimate of drug-likeness (QED) is 0.212. The van der Waals surface area contributed by atoms with E-state index in [2.05, 4.69) is 90.6 Å². The van der Waals surface area contributed by atoms with Crippen LogP contribution in [0.5, 0.6) is 0 Å². The topological polar surface area (TPSA) is 49.7 Å². The van der Waals surface area contributed by atoms with Crippen molar-refractivity contribution in [3.63, 3.8) is 0 Å². The fourth-order valence-corrected chi connectivity index (χ4v) is 6.38. The molecule has 212 valence electrons. The Kier molecular flexibility index (Phi) is 7.41. The second-order valence-corrected chi connectivity index (χ2v) is 11.3. The van der Waals surface area contributed by atoms with Crippen LogP contribution in [0, 0.1) is 5.82 Å². The minimum absolute atomic E-state index is 0.245. The zero-order valence-corrected chi connectivity index (χ0v) is 24.9. The van der Waals surface area contributed by atoms with Gasteiger partial charge in [-0.3, -0.25) is 0 Å². The van der Waals surface area contributed by atoms with E-state index in [1.165, 1.54) is 33.3 Å². The second-order valence-electron chi connectivity index (χ2n) is 11.3. The zero-order chi connectivity index (χ0) is 28.7. The molecule has 0 fully saturated rings. The third kappa shape index (κ3) is 4.63. The molecule has 0 saturated heterocycles. The maximum atomic E-state index is 15.5. The van der Waals surface area contributed by atoms with Gasteiger partial charge in [-0.1, -0.05) is 65.0 Å². The molecule has 1 atom stereocenters. The largest absolute Gasteiger partial charge is 0.361 e. The summed E-state index contributed by atoms with van der Waals surface area (Å²) in [6.07, 6.45) is 8.38. The summed E-state index contributed by atoms with van der Waals surface area (Å²) in [5.74, 6) is 0.466. The SMILES string of the molecule is CCc1cccc(CC)c1-n1nc2c(c1-c1ccc(CC)c3[nH]ccc13)CN(c1ncc(C(C)CC)cc1F)CC2. The summed E-state index contributed by atoms with van der Waals surface area (Å²) in [5.41, 5.74) is 11.7. The van der Waals surface area contributed by atoms with Gasteiger partial charge in [0.1, 0.15) is 0 Å². The first kappa shape index (κ1) is 27.3. The Labute approximate surface area is 242 Å². The first-order valence-electron chi connectivity index (χ1n) is 15.2. The molecule has 0 saturated carbocycles. The maximum Gasteiger partial charge on any atom is 0.165 e. The average Bonchev–Trinajstić information content (AvgIpc) is 3.65. The van der Waals surface area contributed by atoms with Gasteiger partial charge in [0, 0.05) is 53.9 Å². The Morgan fingerprint density at radius 3 is 2.41 bits per heavy atom. The Hall–Kier alpha value is -3.93. The van der Waals surface area contributed by atoms with Gasteiger partial charge in [0.05, 0.1) is 17.1 Å². The minimum Gasteiger partial charge on any atom is -0.361 e. The fourth-order valence-electron chi connectivity index (χ4n) is 6.38. The van der Waals surface area contributed by atoms with E-state index in [1.807, 2.05) is 12.4 Å². The standard InChI is InChI=1S/C35H40FN5/c1-6-22(5)26-19-30(36)35(38-20-26)40-18-16-31-29(21-40)34(28-14-13-23(7-2)32-27(28)15-17-37-32)41(39-31)33-24(8-3)11-10-12-25(33)9-4/h10-15,17,19-20,22,37H,6-9,16,18,21H2,1-5H3. The lowest BCUT2D eigenvalue weighted by Crippen LogP contribution is -2.31. The van der Waals surface area contributed by atoms with E-state index >= 15 is 4.39 Å². The third-order valence-corrected chi connectivity index (χ3v) is 8.98. The van der Waals surface area contributed by atoms with Crippen molar-refractivity contribution in [2.24, 2.45) is 0 Å². The van der Waals surface area contributed by atoms with Crippen LogP contribution in [-0.2, 0) is 32.2 Å². The molecule has 41 heavy (non-hydrogen) atoms. The highest BCUT2D eigenvalue weighted by molar-refractivity contribution is 5.97. The highest BCUT2D eigenvalue weighted by atomic mass is 19.1. The van der Waals surface area contributed by atoms with Gasteiger partial charge < -0.3 is 9.88 Å². The first-order valence-corrected chi connectivity index (χ1v) is 15.2. The number of rotatable bonds is 8. The molecule has 2 aromatic carbocycles. The number of aryl methyl sites for hydroxylation is 3. The Morgan fingerprint density at radius 1 is 0.976 bits per heavy atom. The second kappa shape index (κ2) is 11.2. The molecule has 5 aromatic rings. The van der Waals surface area contributed by atoms with Crippen LogP contribution in [0.4, 0.5) is 10.2 Å². The van der Waals surface area contributed by atoms with Crippen LogP contribution < -0.4 is 4.90 Å². The monoisotopic (exact) mass is 549 g/mol. The summed E-state index contributed by atoms with van der Waals surface area (Å²) in [7, 11) is 0. The lowest BCUT2D eigenvalue weighted by molar-refractivity contribution is 0.592. The van der Waals surface area contributed by atoms with Gasteiger partial charge in [-0.05, 0) is 66.0 Å². The molecule has 3 aromatic heterocycles. The summed E-state index contributed by atoms with van der Waals surface area (Å²) in [4.78, 5) is 10.2. The van der Waals surface area contributed by atoms with Crippen LogP contribution in [0.2, 0.25) is 0 Å². The van der Waals surface area contributed by atoms with Gasteiger partial charge in [0.2, 0.25) is 0 Å². The highest BCUT2D eigenvalue weighted by Gasteiger charge is 2.30. The van der Waals surface area contributed by atoms with Gasteiger partial charge in [0.25, 0.3) is 0 Å². The van der Waals surface area contributed by atoms with Gasteiger partial charge in [-0.25, -0.2) is 14.1 Å². The Morgan fingerprint density at radius 2 is 1.73 bits per heavy atom. The molecule has 5 nitrogen and oxygen atoms in total. The van der Waals surface area contributed by atoms with Crippen LogP contribution in [0.25, 0.3) is 27.8 Å². The Bertz CT molecular complexity index is 1690. The number of nitrogens with zero attached hydrogens (tertiary/aromatic N) is 4. The van der Waals surface area contributed by atoms with E-state index in [0.717, 1.165) is 60.2 Å². The molecule has 6 heteroatoms. The van der Waals surface area contributed by atoms with Gasteiger partial charge >= 0.3 is 0 Å². The maximum absolute atomic E-state index is 15.5. The normalized spacial score (nSPS) is 14.0. The number of fused-ring (bicyclic) bond motifs is 2. The fraction of sp³-hybridized carbons (Fsp3) is 0.371. The molecule has 0 amide bonds. The molecule has 1 N–H and O–H groups in total. The number of anilines is 1. The molecule has 1 aliphatic heterocycles. The number of hydrogen-bond acceptors (Lipinski definition) is 3. The number of nitrogens with one attached hydrogen (secondary N) is 1. The first-order chi connectivity index (χ1) is 20.0. The number of aromatic nitrogens is 4. The Balaban J connectivity index is 1.56. The number of H-pyrrole nitrogens is 1. The van der Waals surface area contributed by atoms with E-state index in [9.17, 15) is 0 Å². The molecular formula is C35H40FN5. The van der Waals surface area contributed by atoms with Gasteiger partial charge in [0.15, 0.2) is 11.6 Å². The summed E-state index contributed by atoms with van der Waals surface area (Å²) in [5, 5.41) is 6.51. The van der Waals surface area contributed by atoms with Crippen LogP contribution >= 0.6 is 0 Å². The van der Waals surface area contributed by atoms with Crippen LogP contribution in [0.3, 0.4) is 0 Å². The predicted molar refractivity (Wildman–Crippen MR) is 167 cm³/mol. The van der Waals surface area contributed by atoms with E-state index in [-0.39, 0.29) is 11.7 Å². The van der Waals surface area contributed by atoms with Crippen LogP contribution in [0.15, 0.2) is 54.9 Å². The van der Waals surface area contributed by atoms with Crippen molar-refractivity contribution >= 4 is 16.7 Å². The van der Waals surface area contributed by atoms with Crippen molar-refractivity contribution in [3.05, 3.63) is 94.2 Å². The number of para-hydroxylation sites is 1. The van der Waals surface area contributed by atoms with E-state index < -0.39 is 0 Å². The smallest absolute Gasteiger partial charge is 0.165 e. The number of aromatic amines is 1. The number of halogens is 1. The van der Waals surface area contributed by atoms with Crippen molar-refractivity contribution in [1.82, 2.24) is 19.7 Å². The molecular weight excluding hydrogens is 509 g/mol. The lowest BCUT2D eigenvalue weighted by atomic mass is 9.95.